The van der Waals surface area contributed by atoms with Crippen LogP contribution in [0.3, 0.4) is 0 Å². The van der Waals surface area contributed by atoms with Crippen molar-refractivity contribution in [3.63, 3.8) is 0 Å². The number of likely N-dealkylation sites (tertiary alicyclic amines) is 1. The van der Waals surface area contributed by atoms with Crippen LogP contribution < -0.4 is 4.74 Å². The summed E-state index contributed by atoms with van der Waals surface area (Å²) in [6, 6.07) is 9.89. The van der Waals surface area contributed by atoms with Crippen LogP contribution in [0.4, 0.5) is 0 Å². The molecule has 0 unspecified atom stereocenters. The Morgan fingerprint density at radius 3 is 3.04 bits per heavy atom. The molecular formula is C19H19N3O2S. The van der Waals surface area contributed by atoms with Crippen LogP contribution in [0.15, 0.2) is 47.3 Å². The third-order valence-corrected chi connectivity index (χ3v) is 5.27. The number of benzene rings is 1. The number of hydrogen-bond acceptors (Lipinski definition) is 4. The van der Waals surface area contributed by atoms with Gasteiger partial charge in [0.25, 0.3) is 0 Å². The fraction of sp³-hybridized carbons (Fsp3) is 0.263. The molecule has 1 aromatic carbocycles. The van der Waals surface area contributed by atoms with E-state index < -0.39 is 0 Å². The molecule has 4 rings (SSSR count). The Morgan fingerprint density at radius 2 is 2.24 bits per heavy atom. The normalized spacial score (nSPS) is 17.2. The third-order valence-electron chi connectivity index (χ3n) is 4.58. The van der Waals surface area contributed by atoms with Crippen molar-refractivity contribution in [3.05, 3.63) is 58.7 Å². The number of imidazole rings is 1. The standard InChI is InChI=1S/C19H19N3O2S/c1-24-17-5-3-2-4-13(17)10-22-11-15(8-18(22)23)19-20-9-16(21-19)14-6-7-25-12-14/h2-7,9,12,15H,8,10-11H2,1H3,(H,20,21)/t15-/m1/s1. The Labute approximate surface area is 150 Å². The van der Waals surface area contributed by atoms with E-state index in [9.17, 15) is 4.79 Å². The number of hydrogen-bond donors (Lipinski definition) is 1. The van der Waals surface area contributed by atoms with E-state index in [4.69, 9.17) is 4.74 Å². The van der Waals surface area contributed by atoms with E-state index in [2.05, 4.69) is 21.4 Å². The van der Waals surface area contributed by atoms with Crippen LogP contribution in [0.1, 0.15) is 23.7 Å². The van der Waals surface area contributed by atoms with E-state index in [1.807, 2.05) is 40.7 Å². The Hall–Kier alpha value is -2.60. The quantitative estimate of drug-likeness (QED) is 0.761. The number of carbonyl (C=O) groups is 1. The summed E-state index contributed by atoms with van der Waals surface area (Å²) in [5.41, 5.74) is 3.17. The summed E-state index contributed by atoms with van der Waals surface area (Å²) in [6.45, 7) is 1.24. The number of methoxy groups -OCH3 is 1. The van der Waals surface area contributed by atoms with Gasteiger partial charge >= 0.3 is 0 Å². The van der Waals surface area contributed by atoms with Crippen LogP contribution in [-0.2, 0) is 11.3 Å². The summed E-state index contributed by atoms with van der Waals surface area (Å²) < 4.78 is 5.39. The maximum atomic E-state index is 12.4. The predicted molar refractivity (Wildman–Crippen MR) is 97.7 cm³/mol. The van der Waals surface area contributed by atoms with Gasteiger partial charge in [-0.25, -0.2) is 4.98 Å². The monoisotopic (exact) mass is 353 g/mol. The van der Waals surface area contributed by atoms with Gasteiger partial charge in [-0.1, -0.05) is 18.2 Å². The lowest BCUT2D eigenvalue weighted by atomic mass is 10.1. The topological polar surface area (TPSA) is 58.2 Å². The molecule has 25 heavy (non-hydrogen) atoms. The van der Waals surface area contributed by atoms with Crippen LogP contribution in [0, 0.1) is 0 Å². The number of carbonyl (C=O) groups excluding carboxylic acids is 1. The molecule has 2 aromatic heterocycles. The number of H-pyrrole nitrogens is 1. The Kier molecular flexibility index (Phi) is 4.28. The molecule has 3 heterocycles. The van der Waals surface area contributed by atoms with E-state index in [0.29, 0.717) is 19.5 Å². The lowest BCUT2D eigenvalue weighted by Crippen LogP contribution is -2.24. The van der Waals surface area contributed by atoms with Crippen LogP contribution in [0.2, 0.25) is 0 Å². The SMILES string of the molecule is COc1ccccc1CN1C[C@H](c2ncc(-c3ccsc3)[nH]2)CC1=O. The average Bonchev–Trinajstić information content (AvgIpc) is 3.36. The second kappa shape index (κ2) is 6.72. The maximum Gasteiger partial charge on any atom is 0.223 e. The largest absolute Gasteiger partial charge is 0.496 e. The van der Waals surface area contributed by atoms with Gasteiger partial charge in [0, 0.05) is 41.9 Å². The predicted octanol–water partition coefficient (Wildman–Crippen LogP) is 3.66. The number of ether oxygens (including phenoxy) is 1. The van der Waals surface area contributed by atoms with Gasteiger partial charge in [-0.2, -0.15) is 11.3 Å². The average molecular weight is 353 g/mol. The van der Waals surface area contributed by atoms with Crippen molar-refractivity contribution in [1.82, 2.24) is 14.9 Å². The fourth-order valence-corrected chi connectivity index (χ4v) is 3.91. The van der Waals surface area contributed by atoms with E-state index in [1.54, 1.807) is 18.4 Å². The van der Waals surface area contributed by atoms with Crippen molar-refractivity contribution < 1.29 is 9.53 Å². The van der Waals surface area contributed by atoms with Crippen molar-refractivity contribution in [2.45, 2.75) is 18.9 Å². The molecule has 1 N–H and O–H groups in total. The molecule has 0 radical (unpaired) electrons. The van der Waals surface area contributed by atoms with E-state index in [-0.39, 0.29) is 11.8 Å². The third kappa shape index (κ3) is 3.17. The smallest absolute Gasteiger partial charge is 0.223 e. The lowest BCUT2D eigenvalue weighted by Gasteiger charge is -2.18. The van der Waals surface area contributed by atoms with E-state index >= 15 is 0 Å². The van der Waals surface area contributed by atoms with Crippen LogP contribution in [-0.4, -0.2) is 34.4 Å². The zero-order valence-electron chi connectivity index (χ0n) is 13.9. The van der Waals surface area contributed by atoms with Gasteiger partial charge in [0.1, 0.15) is 11.6 Å². The first-order valence-corrected chi connectivity index (χ1v) is 9.16. The van der Waals surface area contributed by atoms with E-state index in [1.165, 1.54) is 0 Å². The lowest BCUT2D eigenvalue weighted by molar-refractivity contribution is -0.128. The number of aromatic nitrogens is 2. The summed E-state index contributed by atoms with van der Waals surface area (Å²) in [5, 5.41) is 4.13. The first kappa shape index (κ1) is 15.9. The number of nitrogens with one attached hydrogen (secondary N) is 1. The molecule has 0 saturated carbocycles. The Morgan fingerprint density at radius 1 is 1.36 bits per heavy atom. The van der Waals surface area contributed by atoms with Crippen molar-refractivity contribution >= 4 is 17.2 Å². The molecule has 1 aliphatic heterocycles. The first-order chi connectivity index (χ1) is 12.2. The van der Waals surface area contributed by atoms with Crippen LogP contribution in [0.5, 0.6) is 5.75 Å². The van der Waals surface area contributed by atoms with Crippen molar-refractivity contribution in [2.75, 3.05) is 13.7 Å². The Bertz CT molecular complexity index is 872. The number of para-hydroxylation sites is 1. The summed E-state index contributed by atoms with van der Waals surface area (Å²) in [7, 11) is 1.66. The number of amides is 1. The molecule has 1 aliphatic rings. The molecule has 6 heteroatoms. The first-order valence-electron chi connectivity index (χ1n) is 8.21. The van der Waals surface area contributed by atoms with Gasteiger partial charge in [-0.3, -0.25) is 4.79 Å². The van der Waals surface area contributed by atoms with Gasteiger partial charge in [0.05, 0.1) is 19.0 Å². The minimum Gasteiger partial charge on any atom is -0.496 e. The molecule has 1 fully saturated rings. The molecule has 128 valence electrons. The molecule has 0 aliphatic carbocycles. The Balaban J connectivity index is 1.49. The minimum atomic E-state index is 0.106. The highest BCUT2D eigenvalue weighted by molar-refractivity contribution is 7.08. The number of rotatable bonds is 5. The number of thiophene rings is 1. The van der Waals surface area contributed by atoms with Gasteiger partial charge < -0.3 is 14.6 Å². The zero-order chi connectivity index (χ0) is 17.2. The molecule has 3 aromatic rings. The molecular weight excluding hydrogens is 334 g/mol. The molecule has 1 amide bonds. The second-order valence-corrected chi connectivity index (χ2v) is 6.96. The van der Waals surface area contributed by atoms with Crippen LogP contribution in [0.25, 0.3) is 11.3 Å². The van der Waals surface area contributed by atoms with E-state index in [0.717, 1.165) is 28.4 Å². The van der Waals surface area contributed by atoms with Gasteiger partial charge in [-0.05, 0) is 17.5 Å². The molecule has 1 saturated heterocycles. The van der Waals surface area contributed by atoms with Crippen LogP contribution >= 0.6 is 11.3 Å². The van der Waals surface area contributed by atoms with Gasteiger partial charge in [0.15, 0.2) is 0 Å². The fourth-order valence-electron chi connectivity index (χ4n) is 3.26. The van der Waals surface area contributed by atoms with Gasteiger partial charge in [0.2, 0.25) is 5.91 Å². The molecule has 1 atom stereocenters. The summed E-state index contributed by atoms with van der Waals surface area (Å²) in [4.78, 5) is 22.2. The van der Waals surface area contributed by atoms with Crippen molar-refractivity contribution in [2.24, 2.45) is 0 Å². The van der Waals surface area contributed by atoms with Crippen molar-refractivity contribution in [3.8, 4) is 17.0 Å². The van der Waals surface area contributed by atoms with Gasteiger partial charge in [-0.15, -0.1) is 0 Å². The molecule has 0 bridgehead atoms. The highest BCUT2D eigenvalue weighted by Gasteiger charge is 2.32. The van der Waals surface area contributed by atoms with Crippen molar-refractivity contribution in [1.29, 1.82) is 0 Å². The summed E-state index contributed by atoms with van der Waals surface area (Å²) in [5.74, 6) is 1.97. The second-order valence-electron chi connectivity index (χ2n) is 6.18. The summed E-state index contributed by atoms with van der Waals surface area (Å²) >= 11 is 1.66. The number of aromatic amines is 1. The highest BCUT2D eigenvalue weighted by Crippen LogP contribution is 2.30. The summed E-state index contributed by atoms with van der Waals surface area (Å²) in [6.07, 6.45) is 2.34. The highest BCUT2D eigenvalue weighted by atomic mass is 32.1. The number of nitrogens with zero attached hydrogens (tertiary/aromatic N) is 2. The zero-order valence-corrected chi connectivity index (χ0v) is 14.8. The molecule has 0 spiro atoms. The maximum absolute atomic E-state index is 12.4. The molecule has 5 nitrogen and oxygen atoms in total. The minimum absolute atomic E-state index is 0.106.